The van der Waals surface area contributed by atoms with Gasteiger partial charge in [-0.25, -0.2) is 0 Å². The fourth-order valence-corrected chi connectivity index (χ4v) is 5.03. The number of alkyl halides is 3. The van der Waals surface area contributed by atoms with Gasteiger partial charge >= 0.3 is 6.18 Å². The Morgan fingerprint density at radius 1 is 1.06 bits per heavy atom. The van der Waals surface area contributed by atoms with E-state index in [4.69, 9.17) is 0 Å². The number of anilines is 1. The van der Waals surface area contributed by atoms with Gasteiger partial charge in [-0.1, -0.05) is 30.3 Å². The van der Waals surface area contributed by atoms with Crippen molar-refractivity contribution in [3.63, 3.8) is 0 Å². The Kier molecular flexibility index (Phi) is 5.61. The third-order valence-corrected chi connectivity index (χ3v) is 6.94. The molecule has 2 aromatic rings. The number of nitrogens with zero attached hydrogens (tertiary/aromatic N) is 2. The second-order valence-corrected chi connectivity index (χ2v) is 9.23. The molecule has 0 bridgehead atoms. The lowest BCUT2D eigenvalue weighted by molar-refractivity contribution is -0.137. The summed E-state index contributed by atoms with van der Waals surface area (Å²) in [6.07, 6.45) is -1.10. The van der Waals surface area contributed by atoms with Gasteiger partial charge < -0.3 is 10.2 Å². The van der Waals surface area contributed by atoms with E-state index in [0.29, 0.717) is 18.5 Å². The largest absolute Gasteiger partial charge is 0.416 e. The molecule has 7 heteroatoms. The molecule has 170 valence electrons. The number of fused-ring (bicyclic) bond motifs is 3. The van der Waals surface area contributed by atoms with Crippen molar-refractivity contribution in [1.82, 2.24) is 10.2 Å². The number of halogens is 3. The summed E-state index contributed by atoms with van der Waals surface area (Å²) in [5, 5.41) is 3.10. The molecule has 3 aliphatic rings. The normalized spacial score (nSPS) is 23.4. The maximum absolute atomic E-state index is 13.3. The molecule has 4 nitrogen and oxygen atoms in total. The number of carbonyl (C=O) groups is 1. The van der Waals surface area contributed by atoms with Crippen LogP contribution in [0.1, 0.15) is 29.5 Å². The summed E-state index contributed by atoms with van der Waals surface area (Å²) >= 11 is 0. The van der Waals surface area contributed by atoms with E-state index in [1.165, 1.54) is 17.7 Å². The molecule has 1 aliphatic carbocycles. The quantitative estimate of drug-likeness (QED) is 0.762. The van der Waals surface area contributed by atoms with Gasteiger partial charge in [0.2, 0.25) is 5.91 Å². The number of hydrogen-bond acceptors (Lipinski definition) is 3. The topological polar surface area (TPSA) is 35.6 Å². The van der Waals surface area contributed by atoms with Crippen molar-refractivity contribution in [3.05, 3.63) is 65.2 Å². The Morgan fingerprint density at radius 2 is 1.84 bits per heavy atom. The second kappa shape index (κ2) is 8.43. The highest BCUT2D eigenvalue weighted by Crippen LogP contribution is 2.40. The Hall–Kier alpha value is -2.54. The number of benzene rings is 2. The maximum atomic E-state index is 13.3. The molecule has 1 saturated heterocycles. The van der Waals surface area contributed by atoms with Crippen molar-refractivity contribution < 1.29 is 18.0 Å². The van der Waals surface area contributed by atoms with Crippen LogP contribution in [-0.4, -0.2) is 49.1 Å². The van der Waals surface area contributed by atoms with Crippen LogP contribution in [0.2, 0.25) is 0 Å². The molecule has 2 heterocycles. The summed E-state index contributed by atoms with van der Waals surface area (Å²) in [4.78, 5) is 17.7. The van der Waals surface area contributed by atoms with Gasteiger partial charge in [-0.3, -0.25) is 9.69 Å². The molecule has 2 aliphatic heterocycles. The first-order valence-corrected chi connectivity index (χ1v) is 11.4. The van der Waals surface area contributed by atoms with Crippen LogP contribution in [0.5, 0.6) is 0 Å². The Bertz CT molecular complexity index is 974. The van der Waals surface area contributed by atoms with Gasteiger partial charge in [0, 0.05) is 37.9 Å². The minimum Gasteiger partial charge on any atom is -0.365 e. The number of carbonyl (C=O) groups excluding carboxylic acids is 1. The fourth-order valence-electron chi connectivity index (χ4n) is 5.03. The molecular formula is C25H28F3N3O. The van der Waals surface area contributed by atoms with Crippen molar-refractivity contribution in [2.24, 2.45) is 5.92 Å². The summed E-state index contributed by atoms with van der Waals surface area (Å²) in [7, 11) is 0. The molecule has 2 aromatic carbocycles. The standard InChI is InChI=1S/C25H28F3N3O/c26-25(27,28)19-6-9-22-18(14-19)15-21(24(32)29-20-7-8-20)23-16-30(12-13-31(22)23)11-10-17-4-2-1-3-5-17/h1-6,9,14,20-21,23H,7-8,10-13,15-16H2,(H,29,32). The van der Waals surface area contributed by atoms with Crippen LogP contribution < -0.4 is 10.2 Å². The van der Waals surface area contributed by atoms with Gasteiger partial charge in [-0.05, 0) is 55.0 Å². The molecule has 5 rings (SSSR count). The SMILES string of the molecule is O=C(NC1CC1)C1Cc2cc(C(F)(F)F)ccc2N2CCN(CCc3ccccc3)CC12. The second-order valence-electron chi connectivity index (χ2n) is 9.23. The van der Waals surface area contributed by atoms with Crippen LogP contribution in [0.15, 0.2) is 48.5 Å². The van der Waals surface area contributed by atoms with Crippen molar-refractivity contribution >= 4 is 11.6 Å². The summed E-state index contributed by atoms with van der Waals surface area (Å²) in [6, 6.07) is 14.5. The summed E-state index contributed by atoms with van der Waals surface area (Å²) < 4.78 is 39.9. The lowest BCUT2D eigenvalue weighted by Crippen LogP contribution is -2.61. The van der Waals surface area contributed by atoms with Gasteiger partial charge in [0.15, 0.2) is 0 Å². The monoisotopic (exact) mass is 443 g/mol. The van der Waals surface area contributed by atoms with E-state index >= 15 is 0 Å². The van der Waals surface area contributed by atoms with E-state index in [1.54, 1.807) is 6.07 Å². The van der Waals surface area contributed by atoms with Gasteiger partial charge in [0.1, 0.15) is 0 Å². The first kappa shape index (κ1) is 21.3. The van der Waals surface area contributed by atoms with Crippen LogP contribution in [-0.2, 0) is 23.8 Å². The Balaban J connectivity index is 1.37. The predicted octanol–water partition coefficient (Wildman–Crippen LogP) is 3.89. The summed E-state index contributed by atoms with van der Waals surface area (Å²) in [5.41, 5.74) is 2.12. The molecular weight excluding hydrogens is 415 g/mol. The van der Waals surface area contributed by atoms with E-state index in [2.05, 4.69) is 27.2 Å². The van der Waals surface area contributed by atoms with Crippen molar-refractivity contribution in [2.45, 2.75) is 43.9 Å². The summed E-state index contributed by atoms with van der Waals surface area (Å²) in [6.45, 7) is 3.20. The molecule has 1 amide bonds. The van der Waals surface area contributed by atoms with Gasteiger partial charge in [0.25, 0.3) is 0 Å². The van der Waals surface area contributed by atoms with Gasteiger partial charge in [-0.15, -0.1) is 0 Å². The maximum Gasteiger partial charge on any atom is 0.416 e. The smallest absolute Gasteiger partial charge is 0.365 e. The van der Waals surface area contributed by atoms with E-state index in [1.807, 2.05) is 18.2 Å². The molecule has 0 radical (unpaired) electrons. The van der Waals surface area contributed by atoms with E-state index in [0.717, 1.165) is 44.6 Å². The third-order valence-electron chi connectivity index (χ3n) is 6.94. The molecule has 2 atom stereocenters. The zero-order chi connectivity index (χ0) is 22.3. The third kappa shape index (κ3) is 4.49. The first-order chi connectivity index (χ1) is 15.4. The number of amides is 1. The first-order valence-electron chi connectivity index (χ1n) is 11.4. The zero-order valence-electron chi connectivity index (χ0n) is 17.9. The van der Waals surface area contributed by atoms with E-state index in [9.17, 15) is 18.0 Å². The molecule has 32 heavy (non-hydrogen) atoms. The van der Waals surface area contributed by atoms with Crippen LogP contribution in [0.25, 0.3) is 0 Å². The van der Waals surface area contributed by atoms with Gasteiger partial charge in [0.05, 0.1) is 17.5 Å². The van der Waals surface area contributed by atoms with Crippen LogP contribution in [0.3, 0.4) is 0 Å². The highest BCUT2D eigenvalue weighted by atomic mass is 19.4. The molecule has 0 aromatic heterocycles. The zero-order valence-corrected chi connectivity index (χ0v) is 17.9. The number of piperazine rings is 1. The number of hydrogen-bond donors (Lipinski definition) is 1. The van der Waals surface area contributed by atoms with E-state index < -0.39 is 11.7 Å². The highest BCUT2D eigenvalue weighted by molar-refractivity contribution is 5.82. The molecule has 1 N–H and O–H groups in total. The van der Waals surface area contributed by atoms with Crippen molar-refractivity contribution in [2.75, 3.05) is 31.1 Å². The number of nitrogens with one attached hydrogen (secondary N) is 1. The molecule has 0 spiro atoms. The summed E-state index contributed by atoms with van der Waals surface area (Å²) in [5.74, 6) is -0.360. The van der Waals surface area contributed by atoms with Crippen molar-refractivity contribution in [1.29, 1.82) is 0 Å². The van der Waals surface area contributed by atoms with Crippen LogP contribution in [0.4, 0.5) is 18.9 Å². The molecule has 1 saturated carbocycles. The molecule has 2 fully saturated rings. The average molecular weight is 444 g/mol. The van der Waals surface area contributed by atoms with Gasteiger partial charge in [-0.2, -0.15) is 13.2 Å². The fraction of sp³-hybridized carbons (Fsp3) is 0.480. The van der Waals surface area contributed by atoms with Crippen molar-refractivity contribution in [3.8, 4) is 0 Å². The Labute approximate surface area is 186 Å². The van der Waals surface area contributed by atoms with Crippen LogP contribution >= 0.6 is 0 Å². The lowest BCUT2D eigenvalue weighted by Gasteiger charge is -2.49. The average Bonchev–Trinajstić information content (AvgIpc) is 3.60. The van der Waals surface area contributed by atoms with Crippen LogP contribution in [0, 0.1) is 5.92 Å². The minimum absolute atomic E-state index is 0.0181. The lowest BCUT2D eigenvalue weighted by atomic mass is 9.82. The number of rotatable bonds is 5. The van der Waals surface area contributed by atoms with E-state index in [-0.39, 0.29) is 23.9 Å². The molecule has 2 unspecified atom stereocenters. The predicted molar refractivity (Wildman–Crippen MR) is 118 cm³/mol. The Morgan fingerprint density at radius 3 is 2.56 bits per heavy atom. The highest BCUT2D eigenvalue weighted by Gasteiger charge is 2.43. The minimum atomic E-state index is -4.38.